The Morgan fingerprint density at radius 1 is 1.50 bits per heavy atom. The van der Waals surface area contributed by atoms with E-state index in [4.69, 9.17) is 10.2 Å². The van der Waals surface area contributed by atoms with Gasteiger partial charge >= 0.3 is 5.97 Å². The minimum atomic E-state index is -3.16. The van der Waals surface area contributed by atoms with Crippen molar-refractivity contribution >= 4 is 5.97 Å². The Hall–Kier alpha value is -1.79. The summed E-state index contributed by atoms with van der Waals surface area (Å²) < 4.78 is 36.8. The molecule has 0 saturated heterocycles. The number of carboxylic acids is 1. The third-order valence-corrected chi connectivity index (χ3v) is 1.46. The molecule has 0 radical (unpaired) electrons. The van der Waals surface area contributed by atoms with Crippen molar-refractivity contribution in [1.29, 1.82) is 0 Å². The maximum atomic E-state index is 12.7. The van der Waals surface area contributed by atoms with Crippen molar-refractivity contribution in [3.63, 3.8) is 0 Å². The van der Waals surface area contributed by atoms with Gasteiger partial charge in [-0.1, -0.05) is 0 Å². The Kier molecular flexibility index (Phi) is 2.59. The maximum Gasteiger partial charge on any atom is 0.342 e. The molecule has 0 aliphatic rings. The predicted octanol–water partition coefficient (Wildman–Crippen LogP) is 1.56. The quantitative estimate of drug-likeness (QED) is 0.771. The van der Waals surface area contributed by atoms with Crippen LogP contribution >= 0.6 is 0 Å². The van der Waals surface area contributed by atoms with Gasteiger partial charge in [-0.2, -0.15) is 0 Å². The number of hydrogen-bond donors (Lipinski definition) is 2. The van der Waals surface area contributed by atoms with E-state index in [2.05, 4.69) is 4.98 Å². The number of aromatic hydroxyl groups is 1. The SMILES string of the molecule is O=C(O)c1c(F)cnc(C(F)F)c1O. The van der Waals surface area contributed by atoms with Crippen LogP contribution in [0.3, 0.4) is 0 Å². The van der Waals surface area contributed by atoms with Crippen LogP contribution in [0.15, 0.2) is 6.20 Å². The summed E-state index contributed by atoms with van der Waals surface area (Å²) in [7, 11) is 0. The highest BCUT2D eigenvalue weighted by molar-refractivity contribution is 5.91. The highest BCUT2D eigenvalue weighted by atomic mass is 19.3. The number of alkyl halides is 2. The lowest BCUT2D eigenvalue weighted by atomic mass is 10.2. The molecule has 0 fully saturated rings. The van der Waals surface area contributed by atoms with Gasteiger partial charge in [-0.05, 0) is 0 Å². The molecule has 0 spiro atoms. The van der Waals surface area contributed by atoms with E-state index in [0.717, 1.165) is 0 Å². The lowest BCUT2D eigenvalue weighted by Crippen LogP contribution is -2.05. The Labute approximate surface area is 75.6 Å². The van der Waals surface area contributed by atoms with Gasteiger partial charge in [0.25, 0.3) is 6.43 Å². The maximum absolute atomic E-state index is 12.7. The summed E-state index contributed by atoms with van der Waals surface area (Å²) in [6.45, 7) is 0. The summed E-state index contributed by atoms with van der Waals surface area (Å²) in [4.78, 5) is 13.2. The lowest BCUT2D eigenvalue weighted by Gasteiger charge is -2.05. The number of aromatic nitrogens is 1. The van der Waals surface area contributed by atoms with Gasteiger partial charge in [-0.25, -0.2) is 22.9 Å². The summed E-state index contributed by atoms with van der Waals surface area (Å²) in [5.74, 6) is -4.53. The summed E-state index contributed by atoms with van der Waals surface area (Å²) >= 11 is 0. The molecule has 7 heteroatoms. The molecule has 0 amide bonds. The Balaban J connectivity index is 3.41. The zero-order valence-corrected chi connectivity index (χ0v) is 6.54. The molecule has 0 aliphatic carbocycles. The number of hydrogen-bond acceptors (Lipinski definition) is 3. The van der Waals surface area contributed by atoms with Crippen molar-refractivity contribution in [2.45, 2.75) is 6.43 Å². The number of carbonyl (C=O) groups is 1. The van der Waals surface area contributed by atoms with Crippen LogP contribution in [0.25, 0.3) is 0 Å². The van der Waals surface area contributed by atoms with Gasteiger partial charge in [-0.15, -0.1) is 0 Å². The van der Waals surface area contributed by atoms with Crippen molar-refractivity contribution in [2.24, 2.45) is 0 Å². The van der Waals surface area contributed by atoms with Gasteiger partial charge < -0.3 is 10.2 Å². The summed E-state index contributed by atoms with van der Waals surface area (Å²) in [5, 5.41) is 17.3. The molecule has 14 heavy (non-hydrogen) atoms. The van der Waals surface area contributed by atoms with Crippen molar-refractivity contribution in [1.82, 2.24) is 4.98 Å². The van der Waals surface area contributed by atoms with Gasteiger partial charge in [-0.3, -0.25) is 0 Å². The van der Waals surface area contributed by atoms with E-state index < -0.39 is 35.2 Å². The largest absolute Gasteiger partial charge is 0.505 e. The van der Waals surface area contributed by atoms with Crippen LogP contribution in [0.4, 0.5) is 13.2 Å². The first-order chi connectivity index (χ1) is 6.45. The summed E-state index contributed by atoms with van der Waals surface area (Å²) in [5.41, 5.74) is -2.35. The molecule has 1 aromatic rings. The number of aromatic carboxylic acids is 1. The Bertz CT molecular complexity index is 381. The smallest absolute Gasteiger partial charge is 0.342 e. The summed E-state index contributed by atoms with van der Waals surface area (Å²) in [6, 6.07) is 0. The van der Waals surface area contributed by atoms with Crippen LogP contribution in [-0.4, -0.2) is 21.2 Å². The van der Waals surface area contributed by atoms with Gasteiger partial charge in [0.1, 0.15) is 11.3 Å². The van der Waals surface area contributed by atoms with Crippen molar-refractivity contribution in [3.05, 3.63) is 23.3 Å². The van der Waals surface area contributed by atoms with E-state index in [1.54, 1.807) is 0 Å². The monoisotopic (exact) mass is 207 g/mol. The molecule has 0 aromatic carbocycles. The van der Waals surface area contributed by atoms with Gasteiger partial charge in [0.15, 0.2) is 11.6 Å². The van der Waals surface area contributed by atoms with Crippen LogP contribution in [0, 0.1) is 5.82 Å². The second-order valence-electron chi connectivity index (χ2n) is 2.32. The van der Waals surface area contributed by atoms with E-state index in [9.17, 15) is 18.0 Å². The second-order valence-corrected chi connectivity index (χ2v) is 2.32. The van der Waals surface area contributed by atoms with Crippen LogP contribution in [0.1, 0.15) is 22.5 Å². The zero-order chi connectivity index (χ0) is 10.9. The third-order valence-electron chi connectivity index (χ3n) is 1.46. The average molecular weight is 207 g/mol. The molecule has 4 nitrogen and oxygen atoms in total. The molecule has 1 aromatic heterocycles. The fraction of sp³-hybridized carbons (Fsp3) is 0.143. The number of nitrogens with zero attached hydrogens (tertiary/aromatic N) is 1. The first-order valence-corrected chi connectivity index (χ1v) is 3.34. The van der Waals surface area contributed by atoms with Crippen LogP contribution in [0.5, 0.6) is 5.75 Å². The minimum absolute atomic E-state index is 0.324. The van der Waals surface area contributed by atoms with Gasteiger partial charge in [0.05, 0.1) is 6.20 Å². The van der Waals surface area contributed by atoms with E-state index in [1.807, 2.05) is 0 Å². The molecule has 0 saturated carbocycles. The molecule has 0 atom stereocenters. The third kappa shape index (κ3) is 1.61. The van der Waals surface area contributed by atoms with Gasteiger partial charge in [0, 0.05) is 0 Å². The van der Waals surface area contributed by atoms with E-state index >= 15 is 0 Å². The number of pyridine rings is 1. The van der Waals surface area contributed by atoms with Crippen molar-refractivity contribution in [2.75, 3.05) is 0 Å². The number of halogens is 3. The standard InChI is InChI=1S/C7H4F3NO3/c8-2-1-11-4(6(9)10)5(12)3(2)7(13)14/h1,6,12H,(H,13,14). The average Bonchev–Trinajstić information content (AvgIpc) is 2.02. The normalized spacial score (nSPS) is 10.6. The first-order valence-electron chi connectivity index (χ1n) is 3.34. The van der Waals surface area contributed by atoms with Crippen LogP contribution in [0.2, 0.25) is 0 Å². The molecule has 0 bridgehead atoms. The number of rotatable bonds is 2. The zero-order valence-electron chi connectivity index (χ0n) is 6.54. The first kappa shape index (κ1) is 10.3. The highest BCUT2D eigenvalue weighted by Gasteiger charge is 2.24. The molecule has 1 rings (SSSR count). The molecule has 76 valence electrons. The van der Waals surface area contributed by atoms with Crippen molar-refractivity contribution in [3.8, 4) is 5.75 Å². The Morgan fingerprint density at radius 2 is 2.07 bits per heavy atom. The van der Waals surface area contributed by atoms with Crippen LogP contribution in [-0.2, 0) is 0 Å². The molecule has 2 N–H and O–H groups in total. The minimum Gasteiger partial charge on any atom is -0.505 e. The highest BCUT2D eigenvalue weighted by Crippen LogP contribution is 2.30. The molecular weight excluding hydrogens is 203 g/mol. The molecule has 1 heterocycles. The predicted molar refractivity (Wildman–Crippen MR) is 37.8 cm³/mol. The summed E-state index contributed by atoms with van der Waals surface area (Å²) in [6.07, 6.45) is -2.83. The Morgan fingerprint density at radius 3 is 2.50 bits per heavy atom. The van der Waals surface area contributed by atoms with Crippen molar-refractivity contribution < 1.29 is 28.2 Å². The molecule has 0 aliphatic heterocycles. The van der Waals surface area contributed by atoms with E-state index in [-0.39, 0.29) is 0 Å². The molecule has 0 unspecified atom stereocenters. The van der Waals surface area contributed by atoms with Crippen LogP contribution < -0.4 is 0 Å². The second kappa shape index (κ2) is 3.52. The molecular formula is C7H4F3NO3. The topological polar surface area (TPSA) is 70.4 Å². The van der Waals surface area contributed by atoms with E-state index in [1.165, 1.54) is 0 Å². The fourth-order valence-electron chi connectivity index (χ4n) is 0.856. The number of carboxylic acid groups (broad SMARTS) is 1. The van der Waals surface area contributed by atoms with Gasteiger partial charge in [0.2, 0.25) is 0 Å². The fourth-order valence-corrected chi connectivity index (χ4v) is 0.856. The lowest BCUT2D eigenvalue weighted by molar-refractivity contribution is 0.0686. The van der Waals surface area contributed by atoms with E-state index in [0.29, 0.717) is 6.20 Å².